The Kier molecular flexibility index (Phi) is 9.55. The molecule has 186 valence electrons. The number of nitrogens with zero attached hydrogens (tertiary/aromatic N) is 2. The number of nitrogens with one attached hydrogen (secondary N) is 2. The van der Waals surface area contributed by atoms with Crippen LogP contribution in [0, 0.1) is 5.92 Å². The molecule has 6 heteroatoms. The van der Waals surface area contributed by atoms with E-state index in [2.05, 4.69) is 44.1 Å². The zero-order valence-corrected chi connectivity index (χ0v) is 22.1. The van der Waals surface area contributed by atoms with Crippen LogP contribution in [0.3, 0.4) is 0 Å². The monoisotopic (exact) mass is 492 g/mol. The minimum Gasteiger partial charge on any atom is -0.385 e. The second kappa shape index (κ2) is 12.6. The van der Waals surface area contributed by atoms with Crippen molar-refractivity contribution >= 4 is 23.1 Å². The van der Waals surface area contributed by atoms with Gasteiger partial charge in [-0.05, 0) is 49.5 Å². The van der Waals surface area contributed by atoms with Crippen molar-refractivity contribution in [1.29, 1.82) is 0 Å². The lowest BCUT2D eigenvalue weighted by molar-refractivity contribution is 0.587. The smallest absolute Gasteiger partial charge is 0.251 e. The largest absolute Gasteiger partial charge is 0.385 e. The molecule has 0 spiro atoms. The molecule has 1 aromatic rings. The van der Waals surface area contributed by atoms with Crippen molar-refractivity contribution in [2.24, 2.45) is 10.9 Å². The van der Waals surface area contributed by atoms with Crippen molar-refractivity contribution in [3.63, 3.8) is 0 Å². The molecule has 1 aliphatic carbocycles. The summed E-state index contributed by atoms with van der Waals surface area (Å²) in [5.74, 6) is 1.08. The maximum atomic E-state index is 12.7. The fourth-order valence-electron chi connectivity index (χ4n) is 3.77. The fourth-order valence-corrected chi connectivity index (χ4v) is 4.00. The number of aliphatic imine (C=N–C) groups is 1. The van der Waals surface area contributed by atoms with Crippen molar-refractivity contribution in [2.45, 2.75) is 59.9 Å². The van der Waals surface area contributed by atoms with E-state index in [1.165, 1.54) is 0 Å². The summed E-state index contributed by atoms with van der Waals surface area (Å²) >= 11 is 6.70. The molecule has 2 heterocycles. The van der Waals surface area contributed by atoms with E-state index in [9.17, 15) is 4.79 Å². The minimum absolute atomic E-state index is 0.00507. The van der Waals surface area contributed by atoms with E-state index in [0.717, 1.165) is 59.6 Å². The molecule has 0 radical (unpaired) electrons. The third kappa shape index (κ3) is 7.22. The molecular formula is C29H37ClN4O. The fraction of sp³-hybridized carbons (Fsp3) is 0.379. The summed E-state index contributed by atoms with van der Waals surface area (Å²) in [4.78, 5) is 17.6. The highest BCUT2D eigenvalue weighted by Gasteiger charge is 2.19. The normalized spacial score (nSPS) is 17.1. The Bertz CT molecular complexity index is 1190. The quantitative estimate of drug-likeness (QED) is 0.370. The van der Waals surface area contributed by atoms with Crippen LogP contribution in [0.5, 0.6) is 0 Å². The lowest BCUT2D eigenvalue weighted by Crippen LogP contribution is -2.27. The Hall–Kier alpha value is -3.05. The number of amidine groups is 1. The van der Waals surface area contributed by atoms with Gasteiger partial charge >= 0.3 is 0 Å². The molecule has 0 saturated heterocycles. The molecule has 0 aromatic carbocycles. The van der Waals surface area contributed by atoms with Crippen LogP contribution in [0.15, 0.2) is 92.6 Å². The summed E-state index contributed by atoms with van der Waals surface area (Å²) < 4.78 is 1.77. The van der Waals surface area contributed by atoms with Gasteiger partial charge in [0.2, 0.25) is 0 Å². The predicted molar refractivity (Wildman–Crippen MR) is 149 cm³/mol. The van der Waals surface area contributed by atoms with E-state index in [0.29, 0.717) is 29.8 Å². The van der Waals surface area contributed by atoms with Gasteiger partial charge in [-0.3, -0.25) is 4.79 Å². The summed E-state index contributed by atoms with van der Waals surface area (Å²) in [6.07, 6.45) is 15.8. The van der Waals surface area contributed by atoms with Crippen molar-refractivity contribution in [1.82, 2.24) is 15.2 Å². The Morgan fingerprint density at radius 3 is 2.83 bits per heavy atom. The molecule has 1 aliphatic heterocycles. The Labute approximate surface area is 214 Å². The van der Waals surface area contributed by atoms with Gasteiger partial charge in [-0.25, -0.2) is 4.99 Å². The minimum atomic E-state index is -0.00507. The molecule has 1 aromatic heterocycles. The van der Waals surface area contributed by atoms with Gasteiger partial charge in [0.15, 0.2) is 0 Å². The molecule has 0 unspecified atom stereocenters. The van der Waals surface area contributed by atoms with Gasteiger partial charge in [0.05, 0.1) is 5.70 Å². The van der Waals surface area contributed by atoms with E-state index in [4.69, 9.17) is 16.6 Å². The van der Waals surface area contributed by atoms with Gasteiger partial charge in [-0.2, -0.15) is 0 Å². The maximum Gasteiger partial charge on any atom is 0.251 e. The standard InChI is InChI=1S/C29H37ClN4O/c1-6-8-9-15-34-16-14-23(17-28(34)35)27-18-24(7-2)32-29(33-27)25-12-10-22(11-13-26(25)30)19-31-21(5)20(3)4/h7,10-11,13-14,16-18,20,31H,5-6,8-9,12,15,19H2,1-4H3,(H,32,33)/b24-7-. The van der Waals surface area contributed by atoms with E-state index in [1.807, 2.05) is 43.5 Å². The summed E-state index contributed by atoms with van der Waals surface area (Å²) in [7, 11) is 0. The van der Waals surface area contributed by atoms with Gasteiger partial charge in [-0.15, -0.1) is 0 Å². The summed E-state index contributed by atoms with van der Waals surface area (Å²) in [5.41, 5.74) is 5.53. The molecule has 0 fully saturated rings. The number of pyridine rings is 1. The van der Waals surface area contributed by atoms with E-state index >= 15 is 0 Å². The average Bonchev–Trinajstić information content (AvgIpc) is 3.04. The van der Waals surface area contributed by atoms with Gasteiger partial charge < -0.3 is 15.2 Å². The molecule has 35 heavy (non-hydrogen) atoms. The van der Waals surface area contributed by atoms with Crippen LogP contribution < -0.4 is 16.2 Å². The molecule has 2 aliphatic rings. The van der Waals surface area contributed by atoms with Crippen LogP contribution in [0.1, 0.15) is 58.9 Å². The first-order chi connectivity index (χ1) is 16.8. The highest BCUT2D eigenvalue weighted by Crippen LogP contribution is 2.27. The van der Waals surface area contributed by atoms with E-state index in [-0.39, 0.29) is 5.56 Å². The third-order valence-electron chi connectivity index (χ3n) is 6.20. The summed E-state index contributed by atoms with van der Waals surface area (Å²) in [5, 5.41) is 7.42. The van der Waals surface area contributed by atoms with Crippen LogP contribution in [0.4, 0.5) is 0 Å². The number of aryl methyl sites for hydroxylation is 1. The average molecular weight is 493 g/mol. The maximum absolute atomic E-state index is 12.7. The lowest BCUT2D eigenvalue weighted by Gasteiger charge is -2.20. The molecule has 2 N–H and O–H groups in total. The predicted octanol–water partition coefficient (Wildman–Crippen LogP) is 6.42. The van der Waals surface area contributed by atoms with Gasteiger partial charge in [0.25, 0.3) is 5.56 Å². The molecule has 0 amide bonds. The number of hydrogen-bond acceptors (Lipinski definition) is 4. The molecule has 0 atom stereocenters. The van der Waals surface area contributed by atoms with Crippen molar-refractivity contribution in [3.8, 4) is 0 Å². The van der Waals surface area contributed by atoms with Crippen LogP contribution in [-0.4, -0.2) is 16.9 Å². The number of aromatic nitrogens is 1. The topological polar surface area (TPSA) is 58.4 Å². The van der Waals surface area contributed by atoms with Crippen LogP contribution in [-0.2, 0) is 6.54 Å². The SMILES string of the molecule is C=C(NCC1=CCC(C2=NC(c3ccn(CCCCC)c(=O)c3)=C/C(=C/C)N2)=C(Cl)C=C1)C(C)C. The first kappa shape index (κ1) is 26.6. The number of unbranched alkanes of at least 4 members (excludes halogenated alkanes) is 2. The van der Waals surface area contributed by atoms with Crippen LogP contribution in [0.2, 0.25) is 0 Å². The summed E-state index contributed by atoms with van der Waals surface area (Å²) in [6.45, 7) is 13.9. The zero-order valence-electron chi connectivity index (χ0n) is 21.3. The van der Waals surface area contributed by atoms with Crippen LogP contribution >= 0.6 is 11.6 Å². The van der Waals surface area contributed by atoms with Crippen molar-refractivity contribution in [2.75, 3.05) is 6.54 Å². The van der Waals surface area contributed by atoms with Crippen LogP contribution in [0.25, 0.3) is 5.70 Å². The lowest BCUT2D eigenvalue weighted by atomic mass is 10.1. The number of hydrogen-bond donors (Lipinski definition) is 2. The highest BCUT2D eigenvalue weighted by molar-refractivity contribution is 6.34. The Morgan fingerprint density at radius 2 is 2.14 bits per heavy atom. The van der Waals surface area contributed by atoms with E-state index in [1.54, 1.807) is 10.6 Å². The number of rotatable bonds is 10. The van der Waals surface area contributed by atoms with Gasteiger partial charge in [0, 0.05) is 52.9 Å². The molecule has 3 rings (SSSR count). The van der Waals surface area contributed by atoms with E-state index < -0.39 is 0 Å². The second-order valence-corrected chi connectivity index (χ2v) is 9.60. The molecule has 0 saturated carbocycles. The molecule has 0 bridgehead atoms. The van der Waals surface area contributed by atoms with Crippen molar-refractivity contribution in [3.05, 3.63) is 98.8 Å². The second-order valence-electron chi connectivity index (χ2n) is 9.19. The first-order valence-electron chi connectivity index (χ1n) is 12.5. The Balaban J connectivity index is 1.83. The third-order valence-corrected chi connectivity index (χ3v) is 6.55. The van der Waals surface area contributed by atoms with Crippen molar-refractivity contribution < 1.29 is 0 Å². The molecular weight excluding hydrogens is 456 g/mol. The first-order valence-corrected chi connectivity index (χ1v) is 12.8. The highest BCUT2D eigenvalue weighted by atomic mass is 35.5. The Morgan fingerprint density at radius 1 is 1.34 bits per heavy atom. The number of halogens is 1. The van der Waals surface area contributed by atoms with Gasteiger partial charge in [0.1, 0.15) is 5.84 Å². The molecule has 5 nitrogen and oxygen atoms in total. The zero-order chi connectivity index (χ0) is 25.4. The van der Waals surface area contributed by atoms with Gasteiger partial charge in [-0.1, -0.05) is 70.0 Å². The number of allylic oxidation sites excluding steroid dienone is 6. The summed E-state index contributed by atoms with van der Waals surface area (Å²) in [6, 6.07) is 3.64.